The molecule has 0 radical (unpaired) electrons. The molecule has 0 aromatic rings. The Labute approximate surface area is 152 Å². The van der Waals surface area contributed by atoms with E-state index in [0.29, 0.717) is 19.4 Å². The number of rotatable bonds is 11. The first-order valence-electron chi connectivity index (χ1n) is 9.59. The molecule has 0 bridgehead atoms. The highest BCUT2D eigenvalue weighted by Gasteiger charge is 2.32. The fourth-order valence-electron chi connectivity index (χ4n) is 3.00. The van der Waals surface area contributed by atoms with E-state index < -0.39 is 6.04 Å². The van der Waals surface area contributed by atoms with Crippen LogP contribution in [0.15, 0.2) is 0 Å². The van der Waals surface area contributed by atoms with E-state index in [1.807, 2.05) is 27.7 Å². The first-order valence-corrected chi connectivity index (χ1v) is 9.59. The lowest BCUT2D eigenvalue weighted by Gasteiger charge is -2.24. The van der Waals surface area contributed by atoms with Gasteiger partial charge in [-0.3, -0.25) is 4.79 Å². The van der Waals surface area contributed by atoms with Gasteiger partial charge in [0.25, 0.3) is 0 Å². The first kappa shape index (κ1) is 21.9. The first-order chi connectivity index (χ1) is 11.9. The smallest absolute Gasteiger partial charge is 0.328 e. The second-order valence-corrected chi connectivity index (χ2v) is 7.27. The van der Waals surface area contributed by atoms with Crippen LogP contribution >= 0.6 is 0 Å². The van der Waals surface area contributed by atoms with Crippen LogP contribution in [0.1, 0.15) is 66.7 Å². The second kappa shape index (κ2) is 11.5. The van der Waals surface area contributed by atoms with Crippen molar-refractivity contribution in [3.8, 4) is 0 Å². The highest BCUT2D eigenvalue weighted by atomic mass is 16.7. The molecule has 0 aromatic carbocycles. The zero-order chi connectivity index (χ0) is 18.8. The van der Waals surface area contributed by atoms with Crippen molar-refractivity contribution in [2.24, 2.45) is 11.8 Å². The molecule has 1 N–H and O–H groups in total. The van der Waals surface area contributed by atoms with E-state index in [1.54, 1.807) is 0 Å². The van der Waals surface area contributed by atoms with Gasteiger partial charge < -0.3 is 19.5 Å². The number of carbonyl (C=O) groups is 2. The van der Waals surface area contributed by atoms with E-state index in [2.05, 4.69) is 12.2 Å². The van der Waals surface area contributed by atoms with Crippen molar-refractivity contribution in [1.82, 2.24) is 5.32 Å². The zero-order valence-corrected chi connectivity index (χ0v) is 16.4. The minimum atomic E-state index is -0.587. The van der Waals surface area contributed by atoms with Crippen molar-refractivity contribution >= 4 is 11.9 Å². The number of ether oxygens (including phenoxy) is 3. The molecule has 1 rings (SSSR count). The van der Waals surface area contributed by atoms with Gasteiger partial charge in [-0.15, -0.1) is 0 Å². The maximum absolute atomic E-state index is 12.8. The SMILES string of the molecule is CCCOC(=O)C(CC(C)C)NC(=O)C(CCC)CC1OCOC1C. The molecule has 4 unspecified atom stereocenters. The summed E-state index contributed by atoms with van der Waals surface area (Å²) in [5, 5.41) is 2.92. The number of nitrogens with one attached hydrogen (secondary N) is 1. The summed E-state index contributed by atoms with van der Waals surface area (Å²) in [6.07, 6.45) is 3.53. The van der Waals surface area contributed by atoms with Crippen molar-refractivity contribution in [1.29, 1.82) is 0 Å². The molecule has 0 aromatic heterocycles. The Morgan fingerprint density at radius 3 is 2.44 bits per heavy atom. The molecular weight excluding hydrogens is 322 g/mol. The van der Waals surface area contributed by atoms with Crippen LogP contribution in [0.2, 0.25) is 0 Å². The average molecular weight is 357 g/mol. The highest BCUT2D eigenvalue weighted by molar-refractivity contribution is 5.85. The molecule has 6 heteroatoms. The third-order valence-corrected chi connectivity index (χ3v) is 4.42. The molecule has 1 heterocycles. The summed E-state index contributed by atoms with van der Waals surface area (Å²) in [6, 6.07) is -0.587. The summed E-state index contributed by atoms with van der Waals surface area (Å²) >= 11 is 0. The minimum Gasteiger partial charge on any atom is -0.464 e. The van der Waals surface area contributed by atoms with Gasteiger partial charge >= 0.3 is 5.97 Å². The monoisotopic (exact) mass is 357 g/mol. The van der Waals surface area contributed by atoms with Crippen LogP contribution in [0, 0.1) is 11.8 Å². The summed E-state index contributed by atoms with van der Waals surface area (Å²) < 4.78 is 16.2. The van der Waals surface area contributed by atoms with Gasteiger partial charge in [-0.1, -0.05) is 34.1 Å². The van der Waals surface area contributed by atoms with Gasteiger partial charge in [-0.2, -0.15) is 0 Å². The van der Waals surface area contributed by atoms with Gasteiger partial charge in [-0.25, -0.2) is 4.79 Å². The molecule has 1 aliphatic heterocycles. The van der Waals surface area contributed by atoms with Gasteiger partial charge in [0, 0.05) is 5.92 Å². The molecule has 6 nitrogen and oxygen atoms in total. The van der Waals surface area contributed by atoms with Crippen molar-refractivity contribution < 1.29 is 23.8 Å². The molecule has 1 fully saturated rings. The predicted octanol–water partition coefficient (Wildman–Crippen LogP) is 3.04. The van der Waals surface area contributed by atoms with Gasteiger partial charge in [0.1, 0.15) is 12.8 Å². The maximum Gasteiger partial charge on any atom is 0.328 e. The molecule has 1 amide bonds. The zero-order valence-electron chi connectivity index (χ0n) is 16.4. The van der Waals surface area contributed by atoms with Crippen LogP contribution < -0.4 is 5.32 Å². The van der Waals surface area contributed by atoms with Gasteiger partial charge in [0.15, 0.2) is 0 Å². The lowest BCUT2D eigenvalue weighted by Crippen LogP contribution is -2.46. The van der Waals surface area contributed by atoms with Crippen LogP contribution in [-0.4, -0.2) is 43.5 Å². The Morgan fingerprint density at radius 1 is 1.20 bits per heavy atom. The molecule has 4 atom stereocenters. The molecular formula is C19H35NO5. The summed E-state index contributed by atoms with van der Waals surface area (Å²) in [4.78, 5) is 25.1. The third-order valence-electron chi connectivity index (χ3n) is 4.42. The van der Waals surface area contributed by atoms with E-state index in [0.717, 1.165) is 19.3 Å². The minimum absolute atomic E-state index is 0.00636. The number of hydrogen-bond donors (Lipinski definition) is 1. The van der Waals surface area contributed by atoms with E-state index in [-0.39, 0.29) is 42.7 Å². The number of hydrogen-bond acceptors (Lipinski definition) is 5. The van der Waals surface area contributed by atoms with Crippen LogP contribution in [0.5, 0.6) is 0 Å². The van der Waals surface area contributed by atoms with Crippen molar-refractivity contribution in [2.75, 3.05) is 13.4 Å². The van der Waals surface area contributed by atoms with E-state index in [1.165, 1.54) is 0 Å². The van der Waals surface area contributed by atoms with Crippen LogP contribution in [0.25, 0.3) is 0 Å². The largest absolute Gasteiger partial charge is 0.464 e. The summed E-state index contributed by atoms with van der Waals surface area (Å²) in [5.74, 6) is -0.333. The predicted molar refractivity (Wildman–Crippen MR) is 95.9 cm³/mol. The lowest BCUT2D eigenvalue weighted by atomic mass is 9.93. The molecule has 146 valence electrons. The number of esters is 1. The van der Waals surface area contributed by atoms with Crippen molar-refractivity contribution in [3.05, 3.63) is 0 Å². The van der Waals surface area contributed by atoms with Crippen LogP contribution in [-0.2, 0) is 23.8 Å². The Hall–Kier alpha value is -1.14. The summed E-state index contributed by atoms with van der Waals surface area (Å²) in [6.45, 7) is 10.7. The normalized spacial score (nSPS) is 22.6. The van der Waals surface area contributed by atoms with Gasteiger partial charge in [-0.05, 0) is 38.5 Å². The Kier molecular flexibility index (Phi) is 10.0. The number of amides is 1. The quantitative estimate of drug-likeness (QED) is 0.575. The maximum atomic E-state index is 12.8. The fraction of sp³-hybridized carbons (Fsp3) is 0.895. The second-order valence-electron chi connectivity index (χ2n) is 7.27. The highest BCUT2D eigenvalue weighted by Crippen LogP contribution is 2.23. The van der Waals surface area contributed by atoms with Gasteiger partial charge in [0.05, 0.1) is 18.8 Å². The lowest BCUT2D eigenvalue weighted by molar-refractivity contribution is -0.149. The van der Waals surface area contributed by atoms with Gasteiger partial charge in [0.2, 0.25) is 5.91 Å². The standard InChI is InChI=1S/C19H35NO5/c1-6-8-15(11-17-14(5)24-12-25-17)18(21)20-16(10-13(3)4)19(22)23-9-7-2/h13-17H,6-12H2,1-5H3,(H,20,21). The van der Waals surface area contributed by atoms with E-state index in [9.17, 15) is 9.59 Å². The Bertz CT molecular complexity index is 413. The van der Waals surface area contributed by atoms with Crippen molar-refractivity contribution in [3.63, 3.8) is 0 Å². The molecule has 1 aliphatic rings. The molecule has 0 spiro atoms. The number of carbonyl (C=O) groups excluding carboxylic acids is 2. The Morgan fingerprint density at radius 2 is 1.92 bits per heavy atom. The molecule has 1 saturated heterocycles. The van der Waals surface area contributed by atoms with Crippen molar-refractivity contribution in [2.45, 2.75) is 85.0 Å². The fourth-order valence-corrected chi connectivity index (χ4v) is 3.00. The topological polar surface area (TPSA) is 73.9 Å². The summed E-state index contributed by atoms with van der Waals surface area (Å²) in [7, 11) is 0. The van der Waals surface area contributed by atoms with Crippen LogP contribution in [0.3, 0.4) is 0 Å². The average Bonchev–Trinajstić information content (AvgIpc) is 2.96. The summed E-state index contributed by atoms with van der Waals surface area (Å²) in [5.41, 5.74) is 0. The Balaban J connectivity index is 2.69. The van der Waals surface area contributed by atoms with E-state index in [4.69, 9.17) is 14.2 Å². The van der Waals surface area contributed by atoms with E-state index >= 15 is 0 Å². The third kappa shape index (κ3) is 7.74. The van der Waals surface area contributed by atoms with Crippen LogP contribution in [0.4, 0.5) is 0 Å². The molecule has 0 saturated carbocycles. The molecule has 25 heavy (non-hydrogen) atoms. The molecule has 0 aliphatic carbocycles.